The van der Waals surface area contributed by atoms with Gasteiger partial charge in [0.05, 0.1) is 0 Å². The molecule has 2 aromatic carbocycles. The van der Waals surface area contributed by atoms with Crippen molar-refractivity contribution in [3.63, 3.8) is 0 Å². The van der Waals surface area contributed by atoms with E-state index >= 15 is 0 Å². The van der Waals surface area contributed by atoms with Crippen LogP contribution in [0.5, 0.6) is 0 Å². The van der Waals surface area contributed by atoms with E-state index in [1.807, 2.05) is 35.8 Å². The molecule has 4 rings (SSSR count). The zero-order valence-corrected chi connectivity index (χ0v) is 16.0. The Morgan fingerprint density at radius 3 is 2.50 bits per heavy atom. The highest BCUT2D eigenvalue weighted by atomic mass is 19.4. The third-order valence-corrected chi connectivity index (χ3v) is 4.62. The SMILES string of the molecule is CCCn1c(NC(=O)c2nc(-c3ccccc3)oc2C(F)(F)F)cc2ccccc21. The first-order valence-corrected chi connectivity index (χ1v) is 9.41. The van der Waals surface area contributed by atoms with Gasteiger partial charge in [0.25, 0.3) is 5.91 Å². The molecule has 0 aliphatic carbocycles. The van der Waals surface area contributed by atoms with Crippen LogP contribution in [0.4, 0.5) is 19.0 Å². The van der Waals surface area contributed by atoms with Gasteiger partial charge >= 0.3 is 6.18 Å². The molecule has 0 aliphatic rings. The molecule has 0 fully saturated rings. The van der Waals surface area contributed by atoms with Gasteiger partial charge in [-0.1, -0.05) is 43.3 Å². The van der Waals surface area contributed by atoms with Crippen molar-refractivity contribution in [3.05, 3.63) is 72.1 Å². The maximum Gasteiger partial charge on any atom is 0.452 e. The lowest BCUT2D eigenvalue weighted by atomic mass is 10.2. The van der Waals surface area contributed by atoms with Crippen LogP contribution in [-0.2, 0) is 12.7 Å². The predicted octanol–water partition coefficient (Wildman–Crippen LogP) is 5.98. The van der Waals surface area contributed by atoms with Gasteiger partial charge in [-0.05, 0) is 30.7 Å². The summed E-state index contributed by atoms with van der Waals surface area (Å²) in [6, 6.07) is 17.4. The summed E-state index contributed by atoms with van der Waals surface area (Å²) in [4.78, 5) is 16.7. The van der Waals surface area contributed by atoms with Crippen LogP contribution < -0.4 is 5.32 Å². The second kappa shape index (κ2) is 7.70. The molecule has 0 radical (unpaired) electrons. The number of halogens is 3. The molecular formula is C22H18F3N3O2. The van der Waals surface area contributed by atoms with Crippen molar-refractivity contribution in [1.82, 2.24) is 9.55 Å². The fourth-order valence-electron chi connectivity index (χ4n) is 3.32. The number of aryl methyl sites for hydroxylation is 1. The molecule has 154 valence electrons. The molecule has 0 bridgehead atoms. The maximum absolute atomic E-state index is 13.5. The molecule has 1 N–H and O–H groups in total. The van der Waals surface area contributed by atoms with Crippen LogP contribution in [0.15, 0.2) is 65.1 Å². The number of nitrogens with zero attached hydrogens (tertiary/aromatic N) is 2. The Bertz CT molecular complexity index is 1190. The first kappa shape index (κ1) is 19.8. The number of hydrogen-bond donors (Lipinski definition) is 1. The van der Waals surface area contributed by atoms with Gasteiger partial charge < -0.3 is 14.3 Å². The predicted molar refractivity (Wildman–Crippen MR) is 107 cm³/mol. The average molecular weight is 413 g/mol. The standard InChI is InChI=1S/C22H18F3N3O2/c1-2-12-28-16-11-7-6-10-15(16)13-17(28)26-20(29)18-19(22(23,24)25)30-21(27-18)14-8-4-3-5-9-14/h3-11,13H,2,12H2,1H3,(H,26,29). The summed E-state index contributed by atoms with van der Waals surface area (Å²) in [5, 5.41) is 3.46. The van der Waals surface area contributed by atoms with Gasteiger partial charge in [0.15, 0.2) is 5.69 Å². The summed E-state index contributed by atoms with van der Waals surface area (Å²) < 4.78 is 47.4. The molecule has 8 heteroatoms. The fourth-order valence-corrected chi connectivity index (χ4v) is 3.32. The van der Waals surface area contributed by atoms with Crippen LogP contribution in [-0.4, -0.2) is 15.5 Å². The van der Waals surface area contributed by atoms with E-state index in [1.54, 1.807) is 36.4 Å². The second-order valence-corrected chi connectivity index (χ2v) is 6.75. The minimum atomic E-state index is -4.86. The Morgan fingerprint density at radius 1 is 1.10 bits per heavy atom. The van der Waals surface area contributed by atoms with Gasteiger partial charge in [-0.2, -0.15) is 13.2 Å². The zero-order valence-electron chi connectivity index (χ0n) is 16.0. The van der Waals surface area contributed by atoms with Crippen molar-refractivity contribution in [2.45, 2.75) is 26.1 Å². The number of hydrogen-bond acceptors (Lipinski definition) is 3. The van der Waals surface area contributed by atoms with Gasteiger partial charge in [0.1, 0.15) is 5.82 Å². The van der Waals surface area contributed by atoms with Crippen molar-refractivity contribution < 1.29 is 22.4 Å². The van der Waals surface area contributed by atoms with Gasteiger partial charge in [-0.15, -0.1) is 0 Å². The van der Waals surface area contributed by atoms with E-state index in [1.165, 1.54) is 0 Å². The van der Waals surface area contributed by atoms with Crippen LogP contribution in [0, 0.1) is 0 Å². The monoisotopic (exact) mass is 413 g/mol. The summed E-state index contributed by atoms with van der Waals surface area (Å²) in [5.74, 6) is -2.26. The number of anilines is 1. The smallest absolute Gasteiger partial charge is 0.431 e. The molecule has 0 saturated heterocycles. The van der Waals surface area contributed by atoms with Crippen LogP contribution in [0.25, 0.3) is 22.4 Å². The number of carbonyl (C=O) groups is 1. The van der Waals surface area contributed by atoms with E-state index in [4.69, 9.17) is 4.42 Å². The number of alkyl halides is 3. The molecule has 0 aliphatic heterocycles. The summed E-state index contributed by atoms with van der Waals surface area (Å²) >= 11 is 0. The number of oxazole rings is 1. The van der Waals surface area contributed by atoms with E-state index in [2.05, 4.69) is 10.3 Å². The third-order valence-electron chi connectivity index (χ3n) is 4.62. The van der Waals surface area contributed by atoms with Crippen molar-refractivity contribution in [2.24, 2.45) is 0 Å². The van der Waals surface area contributed by atoms with Gasteiger partial charge in [0, 0.05) is 23.0 Å². The van der Waals surface area contributed by atoms with Gasteiger partial charge in [-0.3, -0.25) is 4.79 Å². The van der Waals surface area contributed by atoms with Gasteiger partial charge in [-0.25, -0.2) is 4.98 Å². The van der Waals surface area contributed by atoms with Crippen molar-refractivity contribution in [2.75, 3.05) is 5.32 Å². The Balaban J connectivity index is 1.74. The van der Waals surface area contributed by atoms with E-state index in [0.717, 1.165) is 17.3 Å². The largest absolute Gasteiger partial charge is 0.452 e. The van der Waals surface area contributed by atoms with E-state index < -0.39 is 23.5 Å². The van der Waals surface area contributed by atoms with Crippen molar-refractivity contribution in [3.8, 4) is 11.5 Å². The normalized spacial score (nSPS) is 11.7. The number of carbonyl (C=O) groups excluding carboxylic acids is 1. The fraction of sp³-hybridized carbons (Fsp3) is 0.182. The van der Waals surface area contributed by atoms with E-state index in [9.17, 15) is 18.0 Å². The molecule has 0 spiro atoms. The zero-order chi connectivity index (χ0) is 21.3. The first-order chi connectivity index (χ1) is 14.4. The Labute approximate surface area is 170 Å². The second-order valence-electron chi connectivity index (χ2n) is 6.75. The lowest BCUT2D eigenvalue weighted by Crippen LogP contribution is -2.19. The molecule has 2 aromatic heterocycles. The molecule has 0 atom stereocenters. The van der Waals surface area contributed by atoms with Crippen LogP contribution in [0.3, 0.4) is 0 Å². The number of nitrogens with one attached hydrogen (secondary N) is 1. The quantitative estimate of drug-likeness (QED) is 0.438. The highest BCUT2D eigenvalue weighted by Gasteiger charge is 2.42. The number of fused-ring (bicyclic) bond motifs is 1. The lowest BCUT2D eigenvalue weighted by Gasteiger charge is -2.10. The Morgan fingerprint density at radius 2 is 1.80 bits per heavy atom. The maximum atomic E-state index is 13.5. The highest BCUT2D eigenvalue weighted by Crippen LogP contribution is 2.36. The first-order valence-electron chi connectivity index (χ1n) is 9.41. The minimum absolute atomic E-state index is 0.262. The number of aromatic nitrogens is 2. The molecule has 30 heavy (non-hydrogen) atoms. The van der Waals surface area contributed by atoms with Crippen LogP contribution >= 0.6 is 0 Å². The molecule has 0 unspecified atom stereocenters. The van der Waals surface area contributed by atoms with Crippen molar-refractivity contribution in [1.29, 1.82) is 0 Å². The topological polar surface area (TPSA) is 60.1 Å². The van der Waals surface area contributed by atoms with Crippen LogP contribution in [0.2, 0.25) is 0 Å². The van der Waals surface area contributed by atoms with Gasteiger partial charge in [0.2, 0.25) is 11.7 Å². The molecule has 2 heterocycles. The molecule has 5 nitrogen and oxygen atoms in total. The Kier molecular flexibility index (Phi) is 5.07. The summed E-state index contributed by atoms with van der Waals surface area (Å²) in [5.41, 5.74) is 0.438. The highest BCUT2D eigenvalue weighted by molar-refractivity contribution is 6.05. The minimum Gasteiger partial charge on any atom is -0.431 e. The third kappa shape index (κ3) is 3.68. The molecule has 4 aromatic rings. The average Bonchev–Trinajstić information content (AvgIpc) is 3.32. The molecule has 1 amide bonds. The number of para-hydroxylation sites is 1. The molecular weight excluding hydrogens is 395 g/mol. The summed E-state index contributed by atoms with van der Waals surface area (Å²) in [7, 11) is 0. The lowest BCUT2D eigenvalue weighted by molar-refractivity contribution is -0.153. The Hall–Kier alpha value is -3.55. The number of amides is 1. The number of rotatable bonds is 5. The van der Waals surface area contributed by atoms with E-state index in [-0.39, 0.29) is 5.89 Å². The van der Waals surface area contributed by atoms with Crippen molar-refractivity contribution >= 4 is 22.6 Å². The number of benzene rings is 2. The summed E-state index contributed by atoms with van der Waals surface area (Å²) in [6.07, 6.45) is -4.07. The van der Waals surface area contributed by atoms with Crippen LogP contribution in [0.1, 0.15) is 29.6 Å². The summed E-state index contributed by atoms with van der Waals surface area (Å²) in [6.45, 7) is 2.58. The van der Waals surface area contributed by atoms with E-state index in [0.29, 0.717) is 17.9 Å². The molecule has 0 saturated carbocycles.